The molecule has 0 unspecified atom stereocenters. The zero-order valence-electron chi connectivity index (χ0n) is 9.19. The molecule has 1 rings (SSSR count). The number of carbonyl (C=O) groups is 1. The molecule has 5 nitrogen and oxygen atoms in total. The average molecular weight is 245 g/mol. The van der Waals surface area contributed by atoms with Crippen molar-refractivity contribution in [2.24, 2.45) is 5.73 Å². The quantitative estimate of drug-likeness (QED) is 0.768. The zero-order valence-corrected chi connectivity index (χ0v) is 9.19. The summed E-state index contributed by atoms with van der Waals surface area (Å²) in [6.45, 7) is 1.28. The van der Waals surface area contributed by atoms with Gasteiger partial charge in [-0.3, -0.25) is 0 Å². The van der Waals surface area contributed by atoms with E-state index in [-0.39, 0.29) is 18.0 Å². The van der Waals surface area contributed by atoms with Gasteiger partial charge >= 0.3 is 11.9 Å². The van der Waals surface area contributed by atoms with Crippen LogP contribution in [0.4, 0.5) is 14.6 Å². The van der Waals surface area contributed by atoms with Crippen LogP contribution in [0.15, 0.2) is 18.3 Å². The molecular weight excluding hydrogens is 232 g/mol. The third kappa shape index (κ3) is 2.68. The van der Waals surface area contributed by atoms with Crippen molar-refractivity contribution < 1.29 is 18.3 Å². The molecule has 1 atom stereocenters. The molecule has 1 aromatic rings. The maximum absolute atomic E-state index is 13.6. The number of hydrogen-bond acceptors (Lipinski definition) is 5. The van der Waals surface area contributed by atoms with Crippen LogP contribution in [0.25, 0.3) is 0 Å². The molecule has 0 aliphatic rings. The topological polar surface area (TPSA) is 91.2 Å². The molecule has 17 heavy (non-hydrogen) atoms. The van der Waals surface area contributed by atoms with E-state index < -0.39 is 17.9 Å². The van der Waals surface area contributed by atoms with Crippen molar-refractivity contribution in [2.75, 3.05) is 12.3 Å². The van der Waals surface area contributed by atoms with Crippen LogP contribution >= 0.6 is 0 Å². The molecule has 0 aromatic carbocycles. The molecule has 94 valence electrons. The highest BCUT2D eigenvalue weighted by Gasteiger charge is 2.48. The Hall–Kier alpha value is -1.76. The summed E-state index contributed by atoms with van der Waals surface area (Å²) in [4.78, 5) is 14.7. The lowest BCUT2D eigenvalue weighted by molar-refractivity contribution is -0.174. The summed E-state index contributed by atoms with van der Waals surface area (Å²) < 4.78 is 31.4. The van der Waals surface area contributed by atoms with Crippen LogP contribution in [-0.2, 0) is 9.53 Å². The van der Waals surface area contributed by atoms with Crippen LogP contribution < -0.4 is 11.5 Å². The molecule has 0 saturated heterocycles. The Labute approximate surface area is 96.8 Å². The second-order valence-electron chi connectivity index (χ2n) is 3.30. The van der Waals surface area contributed by atoms with Crippen LogP contribution in [0.2, 0.25) is 0 Å². The number of aromatic nitrogens is 1. The van der Waals surface area contributed by atoms with E-state index in [9.17, 15) is 13.6 Å². The number of alkyl halides is 2. The van der Waals surface area contributed by atoms with Gasteiger partial charge in [0.05, 0.1) is 6.61 Å². The van der Waals surface area contributed by atoms with E-state index in [1.165, 1.54) is 25.3 Å². The number of nitrogens with two attached hydrogens (primary N) is 2. The molecule has 0 amide bonds. The van der Waals surface area contributed by atoms with E-state index in [1.807, 2.05) is 0 Å². The van der Waals surface area contributed by atoms with Gasteiger partial charge in [-0.05, 0) is 13.0 Å². The Morgan fingerprint density at radius 2 is 2.29 bits per heavy atom. The zero-order chi connectivity index (χ0) is 13.1. The number of pyridine rings is 1. The van der Waals surface area contributed by atoms with Crippen molar-refractivity contribution in [2.45, 2.75) is 18.9 Å². The maximum atomic E-state index is 13.6. The van der Waals surface area contributed by atoms with Gasteiger partial charge in [0, 0.05) is 11.8 Å². The van der Waals surface area contributed by atoms with Crippen molar-refractivity contribution in [3.63, 3.8) is 0 Å². The van der Waals surface area contributed by atoms with Crippen molar-refractivity contribution in [3.05, 3.63) is 23.9 Å². The Kier molecular flexibility index (Phi) is 3.95. The summed E-state index contributed by atoms with van der Waals surface area (Å²) in [7, 11) is 0. The molecule has 1 heterocycles. The summed E-state index contributed by atoms with van der Waals surface area (Å²) >= 11 is 0. The number of nitrogens with zero attached hydrogens (tertiary/aromatic N) is 1. The number of rotatable bonds is 4. The highest BCUT2D eigenvalue weighted by atomic mass is 19.3. The van der Waals surface area contributed by atoms with E-state index in [1.54, 1.807) is 0 Å². The van der Waals surface area contributed by atoms with E-state index in [0.717, 1.165) is 0 Å². The molecule has 0 radical (unpaired) electrons. The van der Waals surface area contributed by atoms with Crippen molar-refractivity contribution in [1.82, 2.24) is 4.98 Å². The molecule has 0 saturated carbocycles. The van der Waals surface area contributed by atoms with Crippen LogP contribution in [0.3, 0.4) is 0 Å². The van der Waals surface area contributed by atoms with E-state index in [2.05, 4.69) is 9.72 Å². The minimum atomic E-state index is -3.84. The smallest absolute Gasteiger partial charge is 0.379 e. The fourth-order valence-corrected chi connectivity index (χ4v) is 1.24. The minimum Gasteiger partial charge on any atom is -0.462 e. The Bertz CT molecular complexity index is 412. The van der Waals surface area contributed by atoms with Crippen LogP contribution in [0.5, 0.6) is 0 Å². The molecular formula is C10H13F2N3O2. The highest BCUT2D eigenvalue weighted by molar-refractivity contribution is 5.79. The first-order chi connectivity index (χ1) is 7.91. The first-order valence-electron chi connectivity index (χ1n) is 4.92. The monoisotopic (exact) mass is 245 g/mol. The first-order valence-corrected chi connectivity index (χ1v) is 4.92. The molecule has 4 N–H and O–H groups in total. The summed E-state index contributed by atoms with van der Waals surface area (Å²) in [5.41, 5.74) is 10.7. The fraction of sp³-hybridized carbons (Fsp3) is 0.400. The number of esters is 1. The van der Waals surface area contributed by atoms with Gasteiger partial charge in [-0.2, -0.15) is 8.78 Å². The molecule has 0 fully saturated rings. The number of anilines is 1. The Balaban J connectivity index is 3.00. The van der Waals surface area contributed by atoms with Gasteiger partial charge in [-0.15, -0.1) is 0 Å². The van der Waals surface area contributed by atoms with Gasteiger partial charge in [-0.25, -0.2) is 9.78 Å². The number of halogens is 2. The normalized spacial score (nSPS) is 13.2. The van der Waals surface area contributed by atoms with Crippen molar-refractivity contribution >= 4 is 11.8 Å². The molecule has 0 aliphatic heterocycles. The lowest BCUT2D eigenvalue weighted by Gasteiger charge is -2.22. The maximum Gasteiger partial charge on any atom is 0.379 e. The van der Waals surface area contributed by atoms with Crippen molar-refractivity contribution in [3.8, 4) is 0 Å². The summed E-state index contributed by atoms with van der Waals surface area (Å²) in [5.74, 6) is -5.65. The predicted octanol–water partition coefficient (Wildman–Crippen LogP) is 0.862. The lowest BCUT2D eigenvalue weighted by atomic mass is 10.0. The second-order valence-corrected chi connectivity index (χ2v) is 3.30. The van der Waals surface area contributed by atoms with Gasteiger partial charge in [-0.1, -0.05) is 6.07 Å². The van der Waals surface area contributed by atoms with Gasteiger partial charge in [0.2, 0.25) is 0 Å². The van der Waals surface area contributed by atoms with Gasteiger partial charge < -0.3 is 16.2 Å². The summed E-state index contributed by atoms with van der Waals surface area (Å²) in [6.07, 6.45) is 1.34. The third-order valence-corrected chi connectivity index (χ3v) is 2.14. The SMILES string of the molecule is CCOC(=O)C(F)(F)[C@@H](N)c1cccnc1N. The van der Waals surface area contributed by atoms with Crippen LogP contribution in [0, 0.1) is 0 Å². The Morgan fingerprint density at radius 3 is 2.82 bits per heavy atom. The van der Waals surface area contributed by atoms with E-state index in [0.29, 0.717) is 0 Å². The van der Waals surface area contributed by atoms with Gasteiger partial charge in [0.1, 0.15) is 11.9 Å². The van der Waals surface area contributed by atoms with Crippen molar-refractivity contribution in [1.29, 1.82) is 0 Å². The second kappa shape index (κ2) is 5.05. The Morgan fingerprint density at radius 1 is 1.65 bits per heavy atom. The molecule has 0 aliphatic carbocycles. The fourth-order valence-electron chi connectivity index (χ4n) is 1.24. The number of hydrogen-bond donors (Lipinski definition) is 2. The molecule has 0 bridgehead atoms. The third-order valence-electron chi connectivity index (χ3n) is 2.14. The van der Waals surface area contributed by atoms with E-state index in [4.69, 9.17) is 11.5 Å². The largest absolute Gasteiger partial charge is 0.462 e. The van der Waals surface area contributed by atoms with Crippen LogP contribution in [0.1, 0.15) is 18.5 Å². The van der Waals surface area contributed by atoms with Crippen LogP contribution in [-0.4, -0.2) is 23.5 Å². The highest BCUT2D eigenvalue weighted by Crippen LogP contribution is 2.32. The van der Waals surface area contributed by atoms with Gasteiger partial charge in [0.15, 0.2) is 0 Å². The number of ether oxygens (including phenoxy) is 1. The number of carbonyl (C=O) groups excluding carboxylic acids is 1. The first kappa shape index (κ1) is 13.3. The minimum absolute atomic E-state index is 0.0921. The standard InChI is InChI=1S/C10H13F2N3O2/c1-2-17-9(16)10(11,12)7(13)6-4-3-5-15-8(6)14/h3-5,7H,2,13H2,1H3,(H2,14,15)/t7-/m0/s1. The predicted molar refractivity (Wildman–Crippen MR) is 57.2 cm³/mol. The summed E-state index contributed by atoms with van der Waals surface area (Å²) in [5, 5.41) is 0. The lowest BCUT2D eigenvalue weighted by Crippen LogP contribution is -2.42. The summed E-state index contributed by atoms with van der Waals surface area (Å²) in [6, 6.07) is 0.822. The molecule has 1 aromatic heterocycles. The molecule has 7 heteroatoms. The van der Waals surface area contributed by atoms with Gasteiger partial charge in [0.25, 0.3) is 0 Å². The molecule has 0 spiro atoms. The average Bonchev–Trinajstić information content (AvgIpc) is 2.29. The van der Waals surface area contributed by atoms with E-state index >= 15 is 0 Å². The number of nitrogen functional groups attached to an aromatic ring is 1.